The van der Waals surface area contributed by atoms with E-state index in [-0.39, 0.29) is 5.91 Å². The third kappa shape index (κ3) is 4.30. The van der Waals surface area contributed by atoms with Gasteiger partial charge in [-0.15, -0.1) is 0 Å². The second kappa shape index (κ2) is 5.35. The molecule has 0 spiro atoms. The molecular formula is C9H14N3O. The Hall–Kier alpha value is -1.32. The lowest BCUT2D eigenvalue weighted by Crippen LogP contribution is -2.09. The summed E-state index contributed by atoms with van der Waals surface area (Å²) in [5.41, 5.74) is 5.01. The van der Waals surface area contributed by atoms with Crippen molar-refractivity contribution in [2.45, 2.75) is 32.2 Å². The molecule has 0 fully saturated rings. The van der Waals surface area contributed by atoms with E-state index in [0.29, 0.717) is 6.42 Å². The van der Waals surface area contributed by atoms with Gasteiger partial charge in [-0.05, 0) is 12.8 Å². The lowest BCUT2D eigenvalue weighted by Gasteiger charge is -2.00. The molecule has 71 valence electrons. The van der Waals surface area contributed by atoms with Gasteiger partial charge in [-0.25, -0.2) is 4.98 Å². The van der Waals surface area contributed by atoms with E-state index >= 15 is 0 Å². The molecule has 0 saturated heterocycles. The molecule has 0 aliphatic rings. The summed E-state index contributed by atoms with van der Waals surface area (Å²) in [6.45, 7) is 0.940. The molecule has 1 rings (SSSR count). The molecule has 4 nitrogen and oxygen atoms in total. The number of aryl methyl sites for hydroxylation is 1. The van der Waals surface area contributed by atoms with E-state index in [9.17, 15) is 4.79 Å². The van der Waals surface area contributed by atoms with Gasteiger partial charge in [0.25, 0.3) is 0 Å². The Morgan fingerprint density at radius 1 is 1.46 bits per heavy atom. The van der Waals surface area contributed by atoms with Crippen LogP contribution in [0.25, 0.3) is 0 Å². The number of imidazole rings is 1. The molecule has 4 heteroatoms. The number of aromatic nitrogens is 2. The van der Waals surface area contributed by atoms with Gasteiger partial charge in [-0.1, -0.05) is 6.42 Å². The largest absolute Gasteiger partial charge is 0.370 e. The fraction of sp³-hybridized carbons (Fsp3) is 0.556. The monoisotopic (exact) mass is 180 g/mol. The van der Waals surface area contributed by atoms with Gasteiger partial charge in [0, 0.05) is 19.2 Å². The van der Waals surface area contributed by atoms with Crippen molar-refractivity contribution >= 4 is 5.91 Å². The van der Waals surface area contributed by atoms with E-state index in [1.165, 1.54) is 0 Å². The van der Waals surface area contributed by atoms with E-state index < -0.39 is 0 Å². The molecule has 0 atom stereocenters. The summed E-state index contributed by atoms with van der Waals surface area (Å²) in [5, 5.41) is 0. The van der Waals surface area contributed by atoms with Crippen molar-refractivity contribution in [3.8, 4) is 0 Å². The number of hydrogen-bond donors (Lipinski definition) is 1. The Morgan fingerprint density at radius 3 is 2.92 bits per heavy atom. The smallest absolute Gasteiger partial charge is 0.217 e. The van der Waals surface area contributed by atoms with Crippen LogP contribution in [0.5, 0.6) is 0 Å². The van der Waals surface area contributed by atoms with Gasteiger partial charge in [0.05, 0.1) is 6.33 Å². The second-order valence-electron chi connectivity index (χ2n) is 3.02. The maximum absolute atomic E-state index is 10.4. The molecule has 0 aliphatic heterocycles. The predicted octanol–water partition coefficient (Wildman–Crippen LogP) is 0.729. The number of carbonyl (C=O) groups is 1. The number of nitrogens with zero attached hydrogens (tertiary/aromatic N) is 2. The van der Waals surface area contributed by atoms with Crippen LogP contribution in [-0.2, 0) is 11.3 Å². The molecule has 0 saturated carbocycles. The van der Waals surface area contributed by atoms with E-state index in [1.54, 1.807) is 6.33 Å². The summed E-state index contributed by atoms with van der Waals surface area (Å²) < 4.78 is 1.98. The van der Waals surface area contributed by atoms with Crippen LogP contribution in [0.1, 0.15) is 25.7 Å². The van der Waals surface area contributed by atoms with Gasteiger partial charge in [0.1, 0.15) is 6.20 Å². The number of amides is 1. The molecular weight excluding hydrogens is 166 g/mol. The van der Waals surface area contributed by atoms with Crippen LogP contribution < -0.4 is 5.73 Å². The summed E-state index contributed by atoms with van der Waals surface area (Å²) in [7, 11) is 0. The molecule has 0 unspecified atom stereocenters. The summed E-state index contributed by atoms with van der Waals surface area (Å²) in [6, 6.07) is 0. The van der Waals surface area contributed by atoms with Crippen LogP contribution in [-0.4, -0.2) is 15.5 Å². The third-order valence-electron chi connectivity index (χ3n) is 1.84. The standard InChI is InChI=1S/C9H14N3O/c10-9(13)4-2-1-3-6-12-7-5-11-8-12/h7-8H,1-4,6H2,(H2,10,13). The number of unbranched alkanes of at least 4 members (excludes halogenated alkanes) is 2. The van der Waals surface area contributed by atoms with Crippen LogP contribution in [0.3, 0.4) is 0 Å². The number of rotatable bonds is 6. The molecule has 1 heterocycles. The summed E-state index contributed by atoms with van der Waals surface area (Å²) in [4.78, 5) is 14.2. The van der Waals surface area contributed by atoms with Crippen LogP contribution in [0.15, 0.2) is 12.5 Å². The SMILES string of the molecule is NC(=O)CCCCCn1c[c]nc1. The fourth-order valence-corrected chi connectivity index (χ4v) is 1.14. The topological polar surface area (TPSA) is 60.9 Å². The van der Waals surface area contributed by atoms with Crippen molar-refractivity contribution in [1.82, 2.24) is 9.55 Å². The molecule has 1 aromatic rings. The minimum absolute atomic E-state index is 0.212. The van der Waals surface area contributed by atoms with Crippen molar-refractivity contribution in [2.75, 3.05) is 0 Å². The highest BCUT2D eigenvalue weighted by Crippen LogP contribution is 2.01. The highest BCUT2D eigenvalue weighted by Gasteiger charge is 1.94. The first-order chi connectivity index (χ1) is 6.29. The predicted molar refractivity (Wildman–Crippen MR) is 48.7 cm³/mol. The van der Waals surface area contributed by atoms with Crippen LogP contribution in [0, 0.1) is 6.20 Å². The maximum atomic E-state index is 10.4. The molecule has 0 aromatic carbocycles. The van der Waals surface area contributed by atoms with Crippen LogP contribution in [0.4, 0.5) is 0 Å². The van der Waals surface area contributed by atoms with Crippen molar-refractivity contribution < 1.29 is 4.79 Å². The van der Waals surface area contributed by atoms with E-state index in [2.05, 4.69) is 11.2 Å². The highest BCUT2D eigenvalue weighted by molar-refractivity contribution is 5.73. The molecule has 0 aliphatic carbocycles. The van der Waals surface area contributed by atoms with Gasteiger partial charge < -0.3 is 10.3 Å². The third-order valence-corrected chi connectivity index (χ3v) is 1.84. The van der Waals surface area contributed by atoms with Crippen molar-refractivity contribution in [1.29, 1.82) is 0 Å². The lowest BCUT2D eigenvalue weighted by atomic mass is 10.2. The van der Waals surface area contributed by atoms with Crippen molar-refractivity contribution in [3.63, 3.8) is 0 Å². The van der Waals surface area contributed by atoms with Gasteiger partial charge in [0.2, 0.25) is 5.91 Å². The zero-order valence-corrected chi connectivity index (χ0v) is 7.57. The summed E-state index contributed by atoms with van der Waals surface area (Å²) in [5.74, 6) is -0.212. The fourth-order valence-electron chi connectivity index (χ4n) is 1.14. The maximum Gasteiger partial charge on any atom is 0.217 e. The van der Waals surface area contributed by atoms with Gasteiger partial charge in [-0.2, -0.15) is 0 Å². The average Bonchev–Trinajstić information content (AvgIpc) is 2.55. The van der Waals surface area contributed by atoms with E-state index in [4.69, 9.17) is 5.73 Å². The van der Waals surface area contributed by atoms with Crippen molar-refractivity contribution in [3.05, 3.63) is 18.7 Å². The minimum Gasteiger partial charge on any atom is -0.370 e. The Bertz CT molecular complexity index is 243. The second-order valence-corrected chi connectivity index (χ2v) is 3.02. The lowest BCUT2D eigenvalue weighted by molar-refractivity contribution is -0.118. The Kier molecular flexibility index (Phi) is 4.02. The Morgan fingerprint density at radius 2 is 2.31 bits per heavy atom. The normalized spacial score (nSPS) is 10.2. The zero-order valence-electron chi connectivity index (χ0n) is 7.57. The Labute approximate surface area is 77.8 Å². The summed E-state index contributed by atoms with van der Waals surface area (Å²) in [6.07, 6.45) is 9.75. The molecule has 1 amide bonds. The van der Waals surface area contributed by atoms with Gasteiger partial charge >= 0.3 is 0 Å². The van der Waals surface area contributed by atoms with Crippen molar-refractivity contribution in [2.24, 2.45) is 5.73 Å². The zero-order chi connectivity index (χ0) is 9.52. The quantitative estimate of drug-likeness (QED) is 0.656. The van der Waals surface area contributed by atoms with Crippen LogP contribution >= 0.6 is 0 Å². The average molecular weight is 180 g/mol. The number of nitrogens with two attached hydrogens (primary N) is 1. The molecule has 1 radical (unpaired) electrons. The number of carbonyl (C=O) groups excluding carboxylic acids is 1. The minimum atomic E-state index is -0.212. The van der Waals surface area contributed by atoms with Crippen LogP contribution in [0.2, 0.25) is 0 Å². The first-order valence-corrected chi connectivity index (χ1v) is 4.45. The number of primary amides is 1. The first kappa shape index (κ1) is 9.77. The molecule has 2 N–H and O–H groups in total. The van der Waals surface area contributed by atoms with Gasteiger partial charge in [0.15, 0.2) is 0 Å². The first-order valence-electron chi connectivity index (χ1n) is 4.45. The molecule has 13 heavy (non-hydrogen) atoms. The van der Waals surface area contributed by atoms with Gasteiger partial charge in [-0.3, -0.25) is 4.79 Å². The molecule has 1 aromatic heterocycles. The summed E-state index contributed by atoms with van der Waals surface area (Å²) >= 11 is 0. The highest BCUT2D eigenvalue weighted by atomic mass is 16.1. The van der Waals surface area contributed by atoms with E-state index in [1.807, 2.05) is 10.8 Å². The Balaban J connectivity index is 1.99. The van der Waals surface area contributed by atoms with E-state index in [0.717, 1.165) is 25.8 Å². The molecule has 0 bridgehead atoms. The number of hydrogen-bond acceptors (Lipinski definition) is 2.